The van der Waals surface area contributed by atoms with Crippen LogP contribution in [-0.2, 0) is 14.2 Å². The van der Waals surface area contributed by atoms with Crippen molar-refractivity contribution in [1.82, 2.24) is 0 Å². The van der Waals surface area contributed by atoms with Crippen LogP contribution in [0, 0.1) is 0 Å². The standard InChI is InChI=1S/C12H20Cl2O8/c1-4-7(16)10(19)12(3-13,21-4)22-11-9(18)8(17)6(14)5(2-15)20-11/h4-11,15-19H,2-3H2,1H3. The maximum absolute atomic E-state index is 10.1. The van der Waals surface area contributed by atoms with Gasteiger partial charge in [0.05, 0.1) is 24.0 Å². The first-order valence-corrected chi connectivity index (χ1v) is 7.78. The summed E-state index contributed by atoms with van der Waals surface area (Å²) in [6.45, 7) is 1.01. The highest BCUT2D eigenvalue weighted by atomic mass is 35.5. The van der Waals surface area contributed by atoms with Gasteiger partial charge in [-0.3, -0.25) is 0 Å². The van der Waals surface area contributed by atoms with E-state index in [9.17, 15) is 25.5 Å². The second kappa shape index (κ2) is 7.02. The van der Waals surface area contributed by atoms with E-state index in [4.69, 9.17) is 37.4 Å². The van der Waals surface area contributed by atoms with Crippen LogP contribution in [0.2, 0.25) is 0 Å². The molecule has 2 heterocycles. The molecule has 0 aromatic heterocycles. The van der Waals surface area contributed by atoms with Crippen molar-refractivity contribution in [2.24, 2.45) is 0 Å². The van der Waals surface area contributed by atoms with Gasteiger partial charge >= 0.3 is 0 Å². The quantitative estimate of drug-likeness (QED) is 0.368. The number of halogens is 2. The highest BCUT2D eigenvalue weighted by molar-refractivity contribution is 6.21. The second-order valence-corrected chi connectivity index (χ2v) is 6.24. The molecule has 0 bridgehead atoms. The van der Waals surface area contributed by atoms with Gasteiger partial charge in [0, 0.05) is 0 Å². The summed E-state index contributed by atoms with van der Waals surface area (Å²) in [7, 11) is 0. The lowest BCUT2D eigenvalue weighted by molar-refractivity contribution is -0.357. The van der Waals surface area contributed by atoms with Crippen LogP contribution in [-0.4, -0.2) is 92.1 Å². The fourth-order valence-electron chi connectivity index (χ4n) is 2.55. The minimum atomic E-state index is -1.81. The van der Waals surface area contributed by atoms with Gasteiger partial charge in [0.2, 0.25) is 5.79 Å². The average Bonchev–Trinajstić information content (AvgIpc) is 2.72. The van der Waals surface area contributed by atoms with Crippen molar-refractivity contribution >= 4 is 23.2 Å². The molecule has 0 saturated carbocycles. The Kier molecular flexibility index (Phi) is 5.93. The van der Waals surface area contributed by atoms with Gasteiger partial charge < -0.3 is 39.7 Å². The summed E-state index contributed by atoms with van der Waals surface area (Å²) in [4.78, 5) is 0. The van der Waals surface area contributed by atoms with Crippen molar-refractivity contribution in [2.75, 3.05) is 12.5 Å². The van der Waals surface area contributed by atoms with E-state index in [-0.39, 0.29) is 5.88 Å². The predicted molar refractivity (Wildman–Crippen MR) is 74.5 cm³/mol. The predicted octanol–water partition coefficient (Wildman–Crippen LogP) is -1.87. The topological polar surface area (TPSA) is 129 Å². The van der Waals surface area contributed by atoms with Crippen LogP contribution in [0.4, 0.5) is 0 Å². The fraction of sp³-hybridized carbons (Fsp3) is 1.00. The highest BCUT2D eigenvalue weighted by Crippen LogP contribution is 2.37. The monoisotopic (exact) mass is 362 g/mol. The number of aliphatic hydroxyl groups is 5. The first-order valence-electron chi connectivity index (χ1n) is 6.81. The van der Waals surface area contributed by atoms with Gasteiger partial charge in [-0.1, -0.05) is 0 Å². The van der Waals surface area contributed by atoms with Crippen molar-refractivity contribution < 1.29 is 39.7 Å². The van der Waals surface area contributed by atoms with E-state index in [2.05, 4.69) is 0 Å². The molecule has 10 heteroatoms. The van der Waals surface area contributed by atoms with Crippen molar-refractivity contribution in [3.63, 3.8) is 0 Å². The van der Waals surface area contributed by atoms with Crippen LogP contribution in [0.3, 0.4) is 0 Å². The molecule has 9 atom stereocenters. The molecular formula is C12H20Cl2O8. The molecule has 0 radical (unpaired) electrons. The zero-order valence-electron chi connectivity index (χ0n) is 11.7. The Balaban J connectivity index is 2.17. The molecule has 0 spiro atoms. The van der Waals surface area contributed by atoms with Gasteiger partial charge in [-0.15, -0.1) is 23.2 Å². The summed E-state index contributed by atoms with van der Waals surface area (Å²) >= 11 is 11.7. The summed E-state index contributed by atoms with van der Waals surface area (Å²) in [5.74, 6) is -2.17. The summed E-state index contributed by atoms with van der Waals surface area (Å²) in [6.07, 6.45) is -8.88. The molecule has 2 aliphatic heterocycles. The molecule has 0 amide bonds. The SMILES string of the molecule is CC1OC(CCl)(OC2OC(CO)C(Cl)C(O)C2O)C(O)C1O. The van der Waals surface area contributed by atoms with Gasteiger partial charge in [-0.05, 0) is 6.92 Å². The van der Waals surface area contributed by atoms with Gasteiger partial charge in [0.15, 0.2) is 6.29 Å². The number of hydrogen-bond donors (Lipinski definition) is 5. The van der Waals surface area contributed by atoms with Crippen LogP contribution in [0.25, 0.3) is 0 Å². The number of rotatable bonds is 4. The molecule has 2 fully saturated rings. The third-order valence-corrected chi connectivity index (χ3v) is 4.85. The zero-order valence-corrected chi connectivity index (χ0v) is 13.3. The van der Waals surface area contributed by atoms with Crippen molar-refractivity contribution in [2.45, 2.75) is 61.0 Å². The number of ether oxygens (including phenoxy) is 3. The Labute approximate surface area is 137 Å². The molecule has 2 aliphatic rings. The zero-order chi connectivity index (χ0) is 16.7. The molecule has 0 aromatic carbocycles. The van der Waals surface area contributed by atoms with Crippen molar-refractivity contribution in [3.8, 4) is 0 Å². The molecule has 22 heavy (non-hydrogen) atoms. The Morgan fingerprint density at radius 1 is 1.14 bits per heavy atom. The average molecular weight is 363 g/mol. The van der Waals surface area contributed by atoms with Gasteiger partial charge in [-0.2, -0.15) is 0 Å². The van der Waals surface area contributed by atoms with Gasteiger partial charge in [-0.25, -0.2) is 0 Å². The molecular weight excluding hydrogens is 343 g/mol. The molecule has 9 unspecified atom stereocenters. The van der Waals surface area contributed by atoms with E-state index < -0.39 is 60.7 Å². The molecule has 130 valence electrons. The number of hydrogen-bond acceptors (Lipinski definition) is 8. The first kappa shape index (κ1) is 18.6. The molecule has 8 nitrogen and oxygen atoms in total. The van der Waals surface area contributed by atoms with Crippen LogP contribution in [0.1, 0.15) is 6.92 Å². The highest BCUT2D eigenvalue weighted by Gasteiger charge is 2.57. The number of aliphatic hydroxyl groups excluding tert-OH is 5. The molecule has 0 aliphatic carbocycles. The van der Waals surface area contributed by atoms with E-state index in [1.54, 1.807) is 0 Å². The molecule has 2 rings (SSSR count). The second-order valence-electron chi connectivity index (χ2n) is 5.47. The van der Waals surface area contributed by atoms with E-state index >= 15 is 0 Å². The minimum Gasteiger partial charge on any atom is -0.394 e. The Hall–Kier alpha value is 0.260. The molecule has 0 aromatic rings. The van der Waals surface area contributed by atoms with Crippen molar-refractivity contribution in [3.05, 3.63) is 0 Å². The summed E-state index contributed by atoms with van der Waals surface area (Å²) < 4.78 is 16.1. The fourth-order valence-corrected chi connectivity index (χ4v) is 3.12. The normalized spacial score (nSPS) is 52.9. The maximum Gasteiger partial charge on any atom is 0.214 e. The van der Waals surface area contributed by atoms with Gasteiger partial charge in [0.1, 0.15) is 30.5 Å². The lowest BCUT2D eigenvalue weighted by Crippen LogP contribution is -2.61. The summed E-state index contributed by atoms with van der Waals surface area (Å²) in [6, 6.07) is 0. The Morgan fingerprint density at radius 3 is 2.23 bits per heavy atom. The minimum absolute atomic E-state index is 0.355. The Bertz CT molecular complexity index is 386. The third-order valence-electron chi connectivity index (χ3n) is 3.94. The third kappa shape index (κ3) is 3.10. The van der Waals surface area contributed by atoms with E-state index in [1.807, 2.05) is 0 Å². The van der Waals surface area contributed by atoms with Gasteiger partial charge in [0.25, 0.3) is 0 Å². The van der Waals surface area contributed by atoms with Crippen LogP contribution in [0.15, 0.2) is 0 Å². The van der Waals surface area contributed by atoms with Crippen LogP contribution in [0.5, 0.6) is 0 Å². The lowest BCUT2D eigenvalue weighted by atomic mass is 10.0. The summed E-state index contributed by atoms with van der Waals surface area (Å²) in [5.41, 5.74) is 0. The van der Waals surface area contributed by atoms with Crippen molar-refractivity contribution in [1.29, 1.82) is 0 Å². The Morgan fingerprint density at radius 2 is 1.77 bits per heavy atom. The molecule has 5 N–H and O–H groups in total. The van der Waals surface area contributed by atoms with Crippen LogP contribution < -0.4 is 0 Å². The number of alkyl halides is 2. The maximum atomic E-state index is 10.1. The van der Waals surface area contributed by atoms with Crippen LogP contribution >= 0.6 is 23.2 Å². The van der Waals surface area contributed by atoms with E-state index in [0.29, 0.717) is 0 Å². The lowest BCUT2D eigenvalue weighted by Gasteiger charge is -2.43. The largest absolute Gasteiger partial charge is 0.394 e. The van der Waals surface area contributed by atoms with E-state index in [0.717, 1.165) is 0 Å². The van der Waals surface area contributed by atoms with E-state index in [1.165, 1.54) is 6.92 Å². The smallest absolute Gasteiger partial charge is 0.214 e. The molecule has 2 saturated heterocycles. The first-order chi connectivity index (χ1) is 10.3. The summed E-state index contributed by atoms with van der Waals surface area (Å²) in [5, 5.41) is 47.9.